The fourth-order valence-corrected chi connectivity index (χ4v) is 1.58. The minimum atomic E-state index is 0.197. The van der Waals surface area contributed by atoms with E-state index in [4.69, 9.17) is 9.47 Å². The Labute approximate surface area is 140 Å². The maximum atomic E-state index is 5.47. The average molecular weight is 334 g/mol. The Hall–Kier alpha value is -2.46. The molecule has 10 nitrogen and oxygen atoms in total. The molecule has 24 heavy (non-hydrogen) atoms. The second-order valence-electron chi connectivity index (χ2n) is 5.55. The molecule has 0 fully saturated rings. The van der Waals surface area contributed by atoms with Crippen LogP contribution < -0.4 is 9.47 Å². The van der Waals surface area contributed by atoms with E-state index in [2.05, 4.69) is 30.4 Å². The molecule has 0 radical (unpaired) electrons. The highest BCUT2D eigenvalue weighted by Gasteiger charge is 2.09. The third-order valence-corrected chi connectivity index (χ3v) is 2.88. The molecular weight excluding hydrogens is 312 g/mol. The second kappa shape index (κ2) is 8.99. The van der Waals surface area contributed by atoms with Crippen LogP contribution in [0.25, 0.3) is 11.4 Å². The lowest BCUT2D eigenvalue weighted by molar-refractivity contribution is 0.242. The third-order valence-electron chi connectivity index (χ3n) is 2.88. The van der Waals surface area contributed by atoms with Gasteiger partial charge in [0.1, 0.15) is 24.6 Å². The molecular formula is C14H22N8O2. The van der Waals surface area contributed by atoms with Crippen molar-refractivity contribution in [2.24, 2.45) is 0 Å². The molecule has 0 bridgehead atoms. The summed E-state index contributed by atoms with van der Waals surface area (Å²) in [4.78, 5) is 12.6. The molecule has 0 N–H and O–H groups in total. The highest BCUT2D eigenvalue weighted by atomic mass is 16.5. The van der Waals surface area contributed by atoms with Crippen LogP contribution in [-0.2, 0) is 0 Å². The maximum Gasteiger partial charge on any atom is 0.336 e. The molecule has 0 saturated heterocycles. The molecule has 2 aromatic heterocycles. The number of rotatable bonds is 9. The van der Waals surface area contributed by atoms with Crippen molar-refractivity contribution in [2.45, 2.75) is 0 Å². The van der Waals surface area contributed by atoms with E-state index < -0.39 is 0 Å². The summed E-state index contributed by atoms with van der Waals surface area (Å²) in [5.41, 5.74) is 0.995. The molecule has 0 aromatic carbocycles. The first-order chi connectivity index (χ1) is 11.5. The largest absolute Gasteiger partial charge is 0.461 e. The molecule has 0 unspecified atom stereocenters. The van der Waals surface area contributed by atoms with Crippen molar-refractivity contribution in [3.63, 3.8) is 0 Å². The molecule has 0 atom stereocenters. The van der Waals surface area contributed by atoms with Gasteiger partial charge in [0, 0.05) is 13.1 Å². The maximum absolute atomic E-state index is 5.47. The van der Waals surface area contributed by atoms with Crippen LogP contribution in [0.2, 0.25) is 0 Å². The average Bonchev–Trinajstić information content (AvgIpc) is 2.55. The standard InChI is InChI=1S/C14H22N8O2/c1-21(2)5-7-23-13-17-11(9-15-19-13)12-10-16-20-14(18-12)24-8-6-22(3)4/h9-10H,5-8H2,1-4H3. The molecule has 0 aliphatic carbocycles. The van der Waals surface area contributed by atoms with E-state index in [0.29, 0.717) is 24.6 Å². The van der Waals surface area contributed by atoms with Gasteiger partial charge in [-0.3, -0.25) is 0 Å². The number of hydrogen-bond donors (Lipinski definition) is 0. The summed E-state index contributed by atoms with van der Waals surface area (Å²) in [5, 5.41) is 15.5. The van der Waals surface area contributed by atoms with E-state index in [1.165, 1.54) is 12.4 Å². The fourth-order valence-electron chi connectivity index (χ4n) is 1.58. The lowest BCUT2D eigenvalue weighted by Crippen LogP contribution is -2.20. The summed E-state index contributed by atoms with van der Waals surface area (Å²) in [6.07, 6.45) is 2.98. The van der Waals surface area contributed by atoms with Gasteiger partial charge in [-0.2, -0.15) is 20.2 Å². The van der Waals surface area contributed by atoms with E-state index in [1.54, 1.807) is 0 Å². The predicted octanol–water partition coefficient (Wildman–Crippen LogP) is -0.396. The molecule has 130 valence electrons. The first-order valence-corrected chi connectivity index (χ1v) is 7.49. The summed E-state index contributed by atoms with van der Waals surface area (Å²) in [7, 11) is 7.85. The Morgan fingerprint density at radius 3 is 1.54 bits per heavy atom. The molecule has 2 rings (SSSR count). The Balaban J connectivity index is 2.02. The van der Waals surface area contributed by atoms with Gasteiger partial charge in [-0.05, 0) is 28.2 Å². The first kappa shape index (κ1) is 17.9. The zero-order valence-electron chi connectivity index (χ0n) is 14.4. The van der Waals surface area contributed by atoms with Gasteiger partial charge in [0.2, 0.25) is 0 Å². The molecule has 2 aromatic rings. The lowest BCUT2D eigenvalue weighted by atomic mass is 10.3. The van der Waals surface area contributed by atoms with Gasteiger partial charge in [-0.1, -0.05) is 10.2 Å². The van der Waals surface area contributed by atoms with Crippen LogP contribution in [0.4, 0.5) is 0 Å². The van der Waals surface area contributed by atoms with Crippen molar-refractivity contribution in [3.8, 4) is 23.4 Å². The second-order valence-corrected chi connectivity index (χ2v) is 5.55. The first-order valence-electron chi connectivity index (χ1n) is 7.49. The molecule has 0 spiro atoms. The van der Waals surface area contributed by atoms with Gasteiger partial charge in [0.25, 0.3) is 0 Å². The van der Waals surface area contributed by atoms with Crippen LogP contribution in [-0.4, -0.2) is 94.7 Å². The summed E-state index contributed by atoms with van der Waals surface area (Å²) < 4.78 is 10.9. The number of likely N-dealkylation sites (N-methyl/N-ethyl adjacent to an activating group) is 2. The normalized spacial score (nSPS) is 11.1. The van der Waals surface area contributed by atoms with Crippen LogP contribution in [0.1, 0.15) is 0 Å². The van der Waals surface area contributed by atoms with Crippen molar-refractivity contribution >= 4 is 0 Å². The molecule has 0 saturated carbocycles. The third kappa shape index (κ3) is 5.97. The van der Waals surface area contributed by atoms with E-state index >= 15 is 0 Å². The molecule has 0 aliphatic heterocycles. The number of aromatic nitrogens is 6. The fraction of sp³-hybridized carbons (Fsp3) is 0.571. The van der Waals surface area contributed by atoms with Gasteiger partial charge < -0.3 is 19.3 Å². The highest BCUT2D eigenvalue weighted by molar-refractivity contribution is 5.51. The van der Waals surface area contributed by atoms with Crippen molar-refractivity contribution in [2.75, 3.05) is 54.5 Å². The Bertz CT molecular complexity index is 582. The summed E-state index contributed by atoms with van der Waals surface area (Å²) in [6, 6.07) is 0.395. The SMILES string of the molecule is CN(C)CCOc1nncc(-c2cnnc(OCCN(C)C)n2)n1. The number of hydrogen-bond acceptors (Lipinski definition) is 10. The van der Waals surface area contributed by atoms with E-state index in [1.807, 2.05) is 38.0 Å². The van der Waals surface area contributed by atoms with Gasteiger partial charge >= 0.3 is 12.0 Å². The van der Waals surface area contributed by atoms with E-state index in [0.717, 1.165) is 13.1 Å². The molecule has 2 heterocycles. The van der Waals surface area contributed by atoms with Crippen LogP contribution in [0, 0.1) is 0 Å². The van der Waals surface area contributed by atoms with Gasteiger partial charge in [-0.25, -0.2) is 0 Å². The van der Waals surface area contributed by atoms with Crippen molar-refractivity contribution in [1.82, 2.24) is 40.2 Å². The number of ether oxygens (including phenoxy) is 2. The van der Waals surface area contributed by atoms with Crippen LogP contribution in [0.15, 0.2) is 12.4 Å². The zero-order valence-corrected chi connectivity index (χ0v) is 14.4. The van der Waals surface area contributed by atoms with E-state index in [9.17, 15) is 0 Å². The van der Waals surface area contributed by atoms with Crippen LogP contribution in [0.5, 0.6) is 12.0 Å². The van der Waals surface area contributed by atoms with Crippen LogP contribution >= 0.6 is 0 Å². The monoisotopic (exact) mass is 334 g/mol. The minimum absolute atomic E-state index is 0.197. The van der Waals surface area contributed by atoms with Gasteiger partial charge in [0.15, 0.2) is 0 Å². The smallest absolute Gasteiger partial charge is 0.336 e. The minimum Gasteiger partial charge on any atom is -0.461 e. The Morgan fingerprint density at radius 2 is 1.17 bits per heavy atom. The summed E-state index contributed by atoms with van der Waals surface area (Å²) in [6.45, 7) is 2.46. The van der Waals surface area contributed by atoms with Crippen molar-refractivity contribution < 1.29 is 9.47 Å². The molecule has 10 heteroatoms. The van der Waals surface area contributed by atoms with Crippen molar-refractivity contribution in [1.29, 1.82) is 0 Å². The molecule has 0 aliphatic rings. The summed E-state index contributed by atoms with van der Waals surface area (Å²) in [5.74, 6) is 0. The van der Waals surface area contributed by atoms with Crippen LogP contribution in [0.3, 0.4) is 0 Å². The topological polar surface area (TPSA) is 102 Å². The van der Waals surface area contributed by atoms with E-state index in [-0.39, 0.29) is 12.0 Å². The molecule has 0 amide bonds. The lowest BCUT2D eigenvalue weighted by Gasteiger charge is -2.10. The predicted molar refractivity (Wildman–Crippen MR) is 86.7 cm³/mol. The highest BCUT2D eigenvalue weighted by Crippen LogP contribution is 2.15. The Kier molecular flexibility index (Phi) is 6.70. The number of nitrogens with zero attached hydrogens (tertiary/aromatic N) is 8. The van der Waals surface area contributed by atoms with Gasteiger partial charge in [0.05, 0.1) is 12.4 Å². The van der Waals surface area contributed by atoms with Crippen molar-refractivity contribution in [3.05, 3.63) is 12.4 Å². The zero-order chi connectivity index (χ0) is 17.4. The quantitative estimate of drug-likeness (QED) is 0.602. The Morgan fingerprint density at radius 1 is 0.750 bits per heavy atom. The summed E-state index contributed by atoms with van der Waals surface area (Å²) >= 11 is 0. The van der Waals surface area contributed by atoms with Gasteiger partial charge in [-0.15, -0.1) is 0 Å².